The van der Waals surface area contributed by atoms with E-state index in [9.17, 15) is 13.2 Å². The summed E-state index contributed by atoms with van der Waals surface area (Å²) in [5, 5.41) is 2.82. The van der Waals surface area contributed by atoms with Crippen LogP contribution in [0.2, 0.25) is 0 Å². The number of nitrogens with two attached hydrogens (primary N) is 1. The molecule has 1 amide bonds. The van der Waals surface area contributed by atoms with Crippen LogP contribution in [-0.2, 0) is 10.0 Å². The first-order chi connectivity index (χ1) is 9.94. The quantitative estimate of drug-likeness (QED) is 0.781. The van der Waals surface area contributed by atoms with Crippen LogP contribution in [0.25, 0.3) is 0 Å². The maximum absolute atomic E-state index is 12.0. The standard InChI is InChI=1S/C12H19N5O3S/c1-2-21(19,20)17-7-3-9(4-8-17)16-12(18)10-11(13)15-6-5-14-10/h5-6,9H,2-4,7-8H2,1H3,(H2,13,15)(H,16,18). The van der Waals surface area contributed by atoms with Gasteiger partial charge in [-0.05, 0) is 19.8 Å². The number of nitrogens with zero attached hydrogens (tertiary/aromatic N) is 3. The fraction of sp³-hybridized carbons (Fsp3) is 0.583. The molecule has 0 bridgehead atoms. The van der Waals surface area contributed by atoms with Gasteiger partial charge in [0.2, 0.25) is 10.0 Å². The lowest BCUT2D eigenvalue weighted by atomic mass is 10.1. The molecule has 1 aliphatic heterocycles. The predicted molar refractivity (Wildman–Crippen MR) is 78.0 cm³/mol. The molecule has 8 nitrogen and oxygen atoms in total. The molecule has 3 N–H and O–H groups in total. The van der Waals surface area contributed by atoms with Crippen LogP contribution >= 0.6 is 0 Å². The van der Waals surface area contributed by atoms with E-state index in [0.717, 1.165) is 0 Å². The van der Waals surface area contributed by atoms with Gasteiger partial charge < -0.3 is 11.1 Å². The van der Waals surface area contributed by atoms with E-state index in [1.165, 1.54) is 16.7 Å². The van der Waals surface area contributed by atoms with Crippen molar-refractivity contribution in [3.63, 3.8) is 0 Å². The number of anilines is 1. The Bertz CT molecular complexity index is 611. The van der Waals surface area contributed by atoms with Gasteiger partial charge in [0, 0.05) is 31.5 Å². The second kappa shape index (κ2) is 6.35. The Morgan fingerprint density at radius 2 is 2.00 bits per heavy atom. The third kappa shape index (κ3) is 3.67. The number of carbonyl (C=O) groups is 1. The molecule has 0 radical (unpaired) electrons. The minimum atomic E-state index is -3.15. The maximum Gasteiger partial charge on any atom is 0.273 e. The molecule has 0 atom stereocenters. The summed E-state index contributed by atoms with van der Waals surface area (Å²) in [5.41, 5.74) is 5.70. The van der Waals surface area contributed by atoms with Crippen LogP contribution in [-0.4, -0.2) is 53.5 Å². The second-order valence-corrected chi connectivity index (χ2v) is 7.10. The van der Waals surface area contributed by atoms with E-state index in [4.69, 9.17) is 5.73 Å². The fourth-order valence-corrected chi connectivity index (χ4v) is 3.37. The van der Waals surface area contributed by atoms with Crippen molar-refractivity contribution in [2.24, 2.45) is 0 Å². The molecule has 1 aliphatic rings. The summed E-state index contributed by atoms with van der Waals surface area (Å²) in [6.45, 7) is 2.45. The van der Waals surface area contributed by atoms with Crippen molar-refractivity contribution in [3.8, 4) is 0 Å². The number of sulfonamides is 1. The van der Waals surface area contributed by atoms with Gasteiger partial charge in [0.25, 0.3) is 5.91 Å². The second-order valence-electron chi connectivity index (χ2n) is 4.84. The van der Waals surface area contributed by atoms with Crippen LogP contribution < -0.4 is 11.1 Å². The molecule has 1 saturated heterocycles. The van der Waals surface area contributed by atoms with E-state index < -0.39 is 10.0 Å². The zero-order valence-corrected chi connectivity index (χ0v) is 12.6. The number of hydrogen-bond acceptors (Lipinski definition) is 6. The number of nitrogen functional groups attached to an aromatic ring is 1. The summed E-state index contributed by atoms with van der Waals surface area (Å²) in [4.78, 5) is 19.8. The van der Waals surface area contributed by atoms with Crippen LogP contribution in [0.15, 0.2) is 12.4 Å². The summed E-state index contributed by atoms with van der Waals surface area (Å²) in [6.07, 6.45) is 3.97. The van der Waals surface area contributed by atoms with Crippen molar-refractivity contribution < 1.29 is 13.2 Å². The smallest absolute Gasteiger partial charge is 0.273 e. The molecule has 1 fully saturated rings. The fourth-order valence-electron chi connectivity index (χ4n) is 2.24. The molecule has 9 heteroatoms. The number of amides is 1. The van der Waals surface area contributed by atoms with E-state index in [2.05, 4.69) is 15.3 Å². The van der Waals surface area contributed by atoms with Gasteiger partial charge in [-0.1, -0.05) is 0 Å². The summed E-state index contributed by atoms with van der Waals surface area (Å²) >= 11 is 0. The molecule has 0 unspecified atom stereocenters. The number of hydrogen-bond donors (Lipinski definition) is 2. The Hall–Kier alpha value is -1.74. The zero-order chi connectivity index (χ0) is 15.5. The molecule has 2 rings (SSSR count). The van der Waals surface area contributed by atoms with Crippen molar-refractivity contribution in [1.29, 1.82) is 0 Å². The Morgan fingerprint density at radius 3 is 2.57 bits per heavy atom. The van der Waals surface area contributed by atoms with Gasteiger partial charge in [0.15, 0.2) is 11.5 Å². The highest BCUT2D eigenvalue weighted by Crippen LogP contribution is 2.15. The van der Waals surface area contributed by atoms with Gasteiger partial charge in [-0.15, -0.1) is 0 Å². The van der Waals surface area contributed by atoms with Crippen molar-refractivity contribution >= 4 is 21.7 Å². The van der Waals surface area contributed by atoms with Gasteiger partial charge in [0.05, 0.1) is 5.75 Å². The summed E-state index contributed by atoms with van der Waals surface area (Å²) in [7, 11) is -3.15. The molecular weight excluding hydrogens is 294 g/mol. The SMILES string of the molecule is CCS(=O)(=O)N1CCC(NC(=O)c2nccnc2N)CC1. The normalized spacial score (nSPS) is 17.6. The monoisotopic (exact) mass is 313 g/mol. The highest BCUT2D eigenvalue weighted by Gasteiger charge is 2.28. The third-order valence-electron chi connectivity index (χ3n) is 3.49. The lowest BCUT2D eigenvalue weighted by Gasteiger charge is -2.31. The molecule has 0 aliphatic carbocycles. The van der Waals surface area contributed by atoms with Crippen molar-refractivity contribution in [2.75, 3.05) is 24.6 Å². The minimum Gasteiger partial charge on any atom is -0.382 e. The number of carbonyl (C=O) groups excluding carboxylic acids is 1. The average molecular weight is 313 g/mol. The largest absolute Gasteiger partial charge is 0.382 e. The first kappa shape index (κ1) is 15.6. The Labute approximate surface area is 123 Å². The van der Waals surface area contributed by atoms with E-state index in [1.54, 1.807) is 6.92 Å². The highest BCUT2D eigenvalue weighted by atomic mass is 32.2. The van der Waals surface area contributed by atoms with Crippen LogP contribution in [0, 0.1) is 0 Å². The number of aromatic nitrogens is 2. The predicted octanol–water partition coefficient (Wildman–Crippen LogP) is -0.397. The van der Waals surface area contributed by atoms with Gasteiger partial charge in [-0.25, -0.2) is 22.7 Å². The minimum absolute atomic E-state index is 0.0813. The van der Waals surface area contributed by atoms with E-state index in [-0.39, 0.29) is 29.2 Å². The van der Waals surface area contributed by atoms with E-state index in [0.29, 0.717) is 25.9 Å². The van der Waals surface area contributed by atoms with Crippen molar-refractivity contribution in [2.45, 2.75) is 25.8 Å². The summed E-state index contributed by atoms with van der Waals surface area (Å²) in [6, 6.07) is -0.0813. The molecule has 21 heavy (non-hydrogen) atoms. The lowest BCUT2D eigenvalue weighted by Crippen LogP contribution is -2.47. The topological polar surface area (TPSA) is 118 Å². The maximum atomic E-state index is 12.0. The zero-order valence-electron chi connectivity index (χ0n) is 11.8. The Morgan fingerprint density at radius 1 is 1.38 bits per heavy atom. The van der Waals surface area contributed by atoms with Crippen molar-refractivity contribution in [1.82, 2.24) is 19.6 Å². The van der Waals surface area contributed by atoms with Gasteiger partial charge in [0.1, 0.15) is 0 Å². The van der Waals surface area contributed by atoms with Gasteiger partial charge in [-0.2, -0.15) is 0 Å². The van der Waals surface area contributed by atoms with Gasteiger partial charge in [-0.3, -0.25) is 4.79 Å². The average Bonchev–Trinajstić information content (AvgIpc) is 2.48. The first-order valence-electron chi connectivity index (χ1n) is 6.79. The first-order valence-corrected chi connectivity index (χ1v) is 8.40. The number of rotatable bonds is 4. The van der Waals surface area contributed by atoms with E-state index >= 15 is 0 Å². The summed E-state index contributed by atoms with van der Waals surface area (Å²) in [5.74, 6) is -0.196. The lowest BCUT2D eigenvalue weighted by molar-refractivity contribution is 0.0919. The highest BCUT2D eigenvalue weighted by molar-refractivity contribution is 7.89. The molecule has 0 spiro atoms. The van der Waals surface area contributed by atoms with Crippen LogP contribution in [0.5, 0.6) is 0 Å². The molecule has 1 aromatic heterocycles. The third-order valence-corrected chi connectivity index (χ3v) is 5.37. The summed E-state index contributed by atoms with van der Waals surface area (Å²) < 4.78 is 25.0. The number of nitrogens with one attached hydrogen (secondary N) is 1. The number of piperidine rings is 1. The Balaban J connectivity index is 1.92. The molecular formula is C12H19N5O3S. The molecule has 1 aromatic rings. The molecule has 116 valence electrons. The molecule has 2 heterocycles. The van der Waals surface area contributed by atoms with Gasteiger partial charge >= 0.3 is 0 Å². The molecule has 0 saturated carbocycles. The van der Waals surface area contributed by atoms with Crippen LogP contribution in [0.4, 0.5) is 5.82 Å². The Kier molecular flexibility index (Phi) is 4.73. The van der Waals surface area contributed by atoms with Crippen LogP contribution in [0.1, 0.15) is 30.3 Å². The molecule has 0 aromatic carbocycles. The van der Waals surface area contributed by atoms with Crippen molar-refractivity contribution in [3.05, 3.63) is 18.1 Å². The van der Waals surface area contributed by atoms with Crippen LogP contribution in [0.3, 0.4) is 0 Å². The van der Waals surface area contributed by atoms with E-state index in [1.807, 2.05) is 0 Å².